The summed E-state index contributed by atoms with van der Waals surface area (Å²) in [6.45, 7) is 19.4. The summed E-state index contributed by atoms with van der Waals surface area (Å²) in [7, 11) is 0. The molecule has 0 aliphatic carbocycles. The summed E-state index contributed by atoms with van der Waals surface area (Å²) in [4.78, 5) is 92.1. The van der Waals surface area contributed by atoms with Crippen LogP contribution >= 0.6 is 47.0 Å². The first-order valence-electron chi connectivity index (χ1n) is 25.4. The van der Waals surface area contributed by atoms with Gasteiger partial charge in [0.05, 0.1) is 54.0 Å². The molecule has 24 heteroatoms. The minimum Gasteiger partial charge on any atom is -0.453 e. The Morgan fingerprint density at radius 3 is 1.34 bits per heavy atom. The Morgan fingerprint density at radius 1 is 0.486 bits per heavy atom. The van der Waals surface area contributed by atoms with Gasteiger partial charge in [-0.15, -0.1) is 11.8 Å². The van der Waals surface area contributed by atoms with Gasteiger partial charge in [-0.2, -0.15) is 35.3 Å². The third-order valence-corrected chi connectivity index (χ3v) is 15.9. The van der Waals surface area contributed by atoms with Crippen LogP contribution in [0.2, 0.25) is 0 Å². The van der Waals surface area contributed by atoms with Crippen LogP contribution in [0.15, 0.2) is 0 Å². The lowest BCUT2D eigenvalue weighted by Crippen LogP contribution is -2.30. The second-order valence-electron chi connectivity index (χ2n) is 18.3. The van der Waals surface area contributed by atoms with Crippen molar-refractivity contribution in [3.63, 3.8) is 0 Å². The summed E-state index contributed by atoms with van der Waals surface area (Å²) >= 11 is 6.82. The van der Waals surface area contributed by atoms with E-state index in [0.717, 1.165) is 54.4 Å². The number of ether oxygens (including phenoxy) is 12. The van der Waals surface area contributed by atoms with Gasteiger partial charge in [0.25, 0.3) is 0 Å². The van der Waals surface area contributed by atoms with Crippen molar-refractivity contribution in [1.29, 1.82) is 0 Å². The highest BCUT2D eigenvalue weighted by atomic mass is 32.2. The predicted octanol–water partition coefficient (Wildman–Crippen LogP) is 7.17. The molecule has 6 unspecified atom stereocenters. The molecule has 0 aromatic heterocycles. The van der Waals surface area contributed by atoms with Gasteiger partial charge in [-0.05, 0) is 102 Å². The van der Waals surface area contributed by atoms with Crippen molar-refractivity contribution in [2.45, 2.75) is 145 Å². The zero-order valence-electron chi connectivity index (χ0n) is 45.2. The highest BCUT2D eigenvalue weighted by Gasteiger charge is 2.30. The van der Waals surface area contributed by atoms with Gasteiger partial charge in [0.2, 0.25) is 18.9 Å². The van der Waals surface area contributed by atoms with Crippen LogP contribution in [0.1, 0.15) is 121 Å². The summed E-state index contributed by atoms with van der Waals surface area (Å²) in [5.74, 6) is 2.10. The first-order valence-corrected chi connectivity index (χ1v) is 29.9. The van der Waals surface area contributed by atoms with Gasteiger partial charge in [0.1, 0.15) is 6.61 Å². The fourth-order valence-electron chi connectivity index (χ4n) is 5.21. The lowest BCUT2D eigenvalue weighted by atomic mass is 9.91. The molecule has 74 heavy (non-hydrogen) atoms. The molecule has 4 aliphatic heterocycles. The van der Waals surface area contributed by atoms with Crippen molar-refractivity contribution in [1.82, 2.24) is 0 Å². The second kappa shape index (κ2) is 40.2. The number of carbonyl (C=O) groups is 8. The molecular formula is C50H84O20S4. The van der Waals surface area contributed by atoms with Crippen molar-refractivity contribution < 1.29 is 95.2 Å². The van der Waals surface area contributed by atoms with Crippen molar-refractivity contribution in [3.05, 3.63) is 0 Å². The summed E-state index contributed by atoms with van der Waals surface area (Å²) in [5, 5.41) is 0. The van der Waals surface area contributed by atoms with E-state index in [1.807, 2.05) is 27.7 Å². The Kier molecular flexibility index (Phi) is 37.5. The van der Waals surface area contributed by atoms with E-state index < -0.39 is 59.5 Å². The van der Waals surface area contributed by atoms with E-state index in [1.165, 1.54) is 0 Å². The zero-order valence-corrected chi connectivity index (χ0v) is 48.5. The van der Waals surface area contributed by atoms with Gasteiger partial charge >= 0.3 is 47.8 Å². The van der Waals surface area contributed by atoms with Crippen molar-refractivity contribution >= 4 is 94.8 Å². The number of hydrogen-bond acceptors (Lipinski definition) is 24. The van der Waals surface area contributed by atoms with Crippen LogP contribution in [0.4, 0.5) is 0 Å². The van der Waals surface area contributed by atoms with Gasteiger partial charge in [0, 0.05) is 12.4 Å². The molecule has 4 aliphatic rings. The van der Waals surface area contributed by atoms with Crippen LogP contribution in [0.5, 0.6) is 0 Å². The number of rotatable bonds is 20. The van der Waals surface area contributed by atoms with E-state index >= 15 is 0 Å². The largest absolute Gasteiger partial charge is 0.453 e. The van der Waals surface area contributed by atoms with E-state index in [1.54, 1.807) is 88.6 Å². The second-order valence-corrected chi connectivity index (χ2v) is 23.1. The van der Waals surface area contributed by atoms with Crippen LogP contribution in [0.3, 0.4) is 0 Å². The van der Waals surface area contributed by atoms with Gasteiger partial charge < -0.3 is 56.8 Å². The molecule has 0 spiro atoms. The lowest BCUT2D eigenvalue weighted by molar-refractivity contribution is -0.190. The summed E-state index contributed by atoms with van der Waals surface area (Å²) < 4.78 is 61.2. The zero-order chi connectivity index (χ0) is 55.4. The van der Waals surface area contributed by atoms with E-state index in [4.69, 9.17) is 56.8 Å². The van der Waals surface area contributed by atoms with E-state index in [0.29, 0.717) is 63.6 Å². The quantitative estimate of drug-likeness (QED) is 0.0865. The molecule has 20 nitrogen and oxygen atoms in total. The normalized spacial score (nSPS) is 21.1. The number of esters is 8. The average molecular weight is 1130 g/mol. The molecule has 0 radical (unpaired) electrons. The number of thioether (sulfide) groups is 4. The van der Waals surface area contributed by atoms with Gasteiger partial charge in [-0.25, -0.2) is 19.2 Å². The van der Waals surface area contributed by atoms with Crippen LogP contribution < -0.4 is 0 Å². The van der Waals surface area contributed by atoms with Gasteiger partial charge in [0.15, 0.2) is 31.9 Å². The molecule has 0 N–H and O–H groups in total. The molecule has 4 saturated heterocycles. The SMILES string of the molecule is CCC(C)(C)C(=O)OCC(=O)OC1CSCCCO1.CCC(C)(C)C(=O)OCC(=O)OC1CSCCCS1.CCC(C)C(=O)OCC(=O)OC1COCCCO1.CCC(C)C(=O)OCC(=O)OC1CSCCCO1. The molecule has 428 valence electrons. The maximum atomic E-state index is 11.7. The number of hydrogen-bond donors (Lipinski definition) is 0. The van der Waals surface area contributed by atoms with Crippen molar-refractivity contribution in [3.8, 4) is 0 Å². The Balaban J connectivity index is 0.000000493. The molecule has 0 saturated carbocycles. The third kappa shape index (κ3) is 32.6. The Bertz CT molecular complexity index is 1520. The minimum absolute atomic E-state index is 0.113. The average Bonchev–Trinajstić information content (AvgIpc) is 4.01. The van der Waals surface area contributed by atoms with Crippen LogP contribution in [0, 0.1) is 22.7 Å². The maximum Gasteiger partial charge on any atom is 0.346 e. The molecule has 0 bridgehead atoms. The summed E-state index contributed by atoms with van der Waals surface area (Å²) in [6, 6.07) is 0. The molecule has 4 heterocycles. The standard InChI is InChI=1S/C13H22O5S.C13H22O4S2.C12H20O6.C12H20O5S/c1-4-13(2,3)12(15)17-8-10(14)18-11-9-19-7-5-6-16-11;1-4-13(2,3)12(15)16-8-10(14)17-11-9-18-6-5-7-19-11;1-3-9(2)12(14)17-7-10(13)18-11-8-15-5-4-6-16-11;1-3-9(2)12(14)16-7-10(13)17-11-8-18-6-4-5-15-11/h2*11H,4-9H2,1-3H3;2*9,11H,3-8H2,1-2H3. The maximum absolute atomic E-state index is 11.7. The van der Waals surface area contributed by atoms with Crippen LogP contribution in [-0.4, -0.2) is 172 Å². The Morgan fingerprint density at radius 2 is 0.878 bits per heavy atom. The lowest BCUT2D eigenvalue weighted by Gasteiger charge is -2.20. The van der Waals surface area contributed by atoms with Crippen molar-refractivity contribution in [2.75, 3.05) is 99.7 Å². The van der Waals surface area contributed by atoms with Gasteiger partial charge in [-0.1, -0.05) is 41.5 Å². The number of carbonyl (C=O) groups excluding carboxylic acids is 8. The Labute approximate surface area is 455 Å². The van der Waals surface area contributed by atoms with Crippen molar-refractivity contribution in [2.24, 2.45) is 22.7 Å². The summed E-state index contributed by atoms with van der Waals surface area (Å²) in [6.07, 6.45) is 4.77. The fraction of sp³-hybridized carbons (Fsp3) is 0.840. The van der Waals surface area contributed by atoms with E-state index in [9.17, 15) is 38.4 Å². The first-order chi connectivity index (χ1) is 35.2. The predicted molar refractivity (Wildman–Crippen MR) is 282 cm³/mol. The molecule has 4 rings (SSSR count). The minimum atomic E-state index is -0.706. The highest BCUT2D eigenvalue weighted by Crippen LogP contribution is 2.25. The highest BCUT2D eigenvalue weighted by molar-refractivity contribution is 8.03. The molecular weight excluding hydrogens is 1050 g/mol. The van der Waals surface area contributed by atoms with Crippen LogP contribution in [0.25, 0.3) is 0 Å². The van der Waals surface area contributed by atoms with E-state index in [-0.39, 0.29) is 68.2 Å². The molecule has 6 atom stereocenters. The molecule has 0 amide bonds. The first kappa shape index (κ1) is 69.0. The summed E-state index contributed by atoms with van der Waals surface area (Å²) in [5.41, 5.74) is -1.24. The Hall–Kier alpha value is -3.00. The molecule has 0 aromatic carbocycles. The van der Waals surface area contributed by atoms with Gasteiger partial charge in [-0.3, -0.25) is 19.2 Å². The van der Waals surface area contributed by atoms with Crippen LogP contribution in [-0.2, 0) is 95.2 Å². The smallest absolute Gasteiger partial charge is 0.346 e. The molecule has 4 fully saturated rings. The third-order valence-electron chi connectivity index (χ3n) is 11.2. The molecule has 0 aromatic rings. The topological polar surface area (TPSA) is 247 Å². The fourth-order valence-corrected chi connectivity index (χ4v) is 9.29. The van der Waals surface area contributed by atoms with E-state index in [2.05, 4.69) is 0 Å². The monoisotopic (exact) mass is 1130 g/mol.